The number of ether oxygens (including phenoxy) is 1. The molecule has 0 amide bonds. The minimum Gasteiger partial charge on any atom is -0.493 e. The topological polar surface area (TPSA) is 9.23 Å². The Bertz CT molecular complexity index is 685. The third-order valence-electron chi connectivity index (χ3n) is 3.17. The first kappa shape index (κ1) is 11.1. The van der Waals surface area contributed by atoms with Crippen molar-refractivity contribution in [2.75, 3.05) is 6.61 Å². The molecule has 0 aliphatic rings. The molecule has 0 aliphatic heterocycles. The lowest BCUT2D eigenvalue weighted by Gasteiger charge is -2.09. The van der Waals surface area contributed by atoms with E-state index in [4.69, 9.17) is 4.74 Å². The lowest BCUT2D eigenvalue weighted by atomic mass is 10.0. The molecule has 0 aromatic heterocycles. The smallest absolute Gasteiger partial charge is 0.127 e. The minimum absolute atomic E-state index is 0.770. The minimum atomic E-state index is 0.770. The second-order valence-corrected chi connectivity index (χ2v) is 4.53. The molecule has 0 saturated carbocycles. The quantitative estimate of drug-likeness (QED) is 0.594. The van der Waals surface area contributed by atoms with Crippen LogP contribution in [0.2, 0.25) is 0 Å². The van der Waals surface area contributed by atoms with E-state index in [1.807, 2.05) is 6.07 Å². The second kappa shape index (κ2) is 4.69. The molecule has 0 unspecified atom stereocenters. The molecule has 3 rings (SSSR count). The van der Waals surface area contributed by atoms with E-state index in [9.17, 15) is 0 Å². The van der Waals surface area contributed by atoms with E-state index in [2.05, 4.69) is 55.5 Å². The summed E-state index contributed by atoms with van der Waals surface area (Å²) in [6, 6.07) is 19.1. The Kier molecular flexibility index (Phi) is 2.89. The van der Waals surface area contributed by atoms with E-state index in [0.29, 0.717) is 0 Å². The summed E-state index contributed by atoms with van der Waals surface area (Å²) in [7, 11) is 0. The predicted molar refractivity (Wildman–Crippen MR) is 77.2 cm³/mol. The third-order valence-corrected chi connectivity index (χ3v) is 3.17. The Morgan fingerprint density at radius 3 is 2.33 bits per heavy atom. The Morgan fingerprint density at radius 2 is 1.56 bits per heavy atom. The van der Waals surface area contributed by atoms with Gasteiger partial charge in [0.2, 0.25) is 0 Å². The molecule has 0 atom stereocenters. The number of fused-ring (bicyclic) bond motifs is 2. The summed E-state index contributed by atoms with van der Waals surface area (Å²) in [5, 5.41) is 4.97. The van der Waals surface area contributed by atoms with Crippen LogP contribution >= 0.6 is 0 Å². The SMILES string of the molecule is CCCOc1cccc2cc3ccccc3cc12. The first-order valence-electron chi connectivity index (χ1n) is 6.43. The van der Waals surface area contributed by atoms with Crippen molar-refractivity contribution in [2.24, 2.45) is 0 Å². The number of benzene rings is 3. The van der Waals surface area contributed by atoms with E-state index in [0.717, 1.165) is 18.8 Å². The Hall–Kier alpha value is -2.02. The molecule has 0 N–H and O–H groups in total. The van der Waals surface area contributed by atoms with Gasteiger partial charge >= 0.3 is 0 Å². The van der Waals surface area contributed by atoms with Crippen LogP contribution < -0.4 is 4.74 Å². The van der Waals surface area contributed by atoms with E-state index < -0.39 is 0 Å². The maximum absolute atomic E-state index is 5.82. The van der Waals surface area contributed by atoms with Crippen molar-refractivity contribution in [3.05, 3.63) is 54.6 Å². The van der Waals surface area contributed by atoms with Crippen molar-refractivity contribution >= 4 is 21.5 Å². The normalized spacial score (nSPS) is 10.9. The van der Waals surface area contributed by atoms with Crippen LogP contribution in [-0.2, 0) is 0 Å². The summed E-state index contributed by atoms with van der Waals surface area (Å²) in [6.45, 7) is 2.90. The number of rotatable bonds is 3. The van der Waals surface area contributed by atoms with Gasteiger partial charge in [0.15, 0.2) is 0 Å². The second-order valence-electron chi connectivity index (χ2n) is 4.53. The highest BCUT2D eigenvalue weighted by molar-refractivity contribution is 6.00. The van der Waals surface area contributed by atoms with Crippen LogP contribution in [-0.4, -0.2) is 6.61 Å². The summed E-state index contributed by atoms with van der Waals surface area (Å²) in [5.41, 5.74) is 0. The summed E-state index contributed by atoms with van der Waals surface area (Å²) in [4.78, 5) is 0. The van der Waals surface area contributed by atoms with E-state index >= 15 is 0 Å². The maximum atomic E-state index is 5.82. The van der Waals surface area contributed by atoms with E-state index in [-0.39, 0.29) is 0 Å². The fourth-order valence-corrected chi connectivity index (χ4v) is 2.28. The van der Waals surface area contributed by atoms with Crippen LogP contribution in [0.1, 0.15) is 13.3 Å². The average molecular weight is 236 g/mol. The summed E-state index contributed by atoms with van der Waals surface area (Å²) in [5.74, 6) is 0.986. The fraction of sp³-hybridized carbons (Fsp3) is 0.176. The Morgan fingerprint density at radius 1 is 0.833 bits per heavy atom. The fourth-order valence-electron chi connectivity index (χ4n) is 2.28. The van der Waals surface area contributed by atoms with Crippen LogP contribution in [0.4, 0.5) is 0 Å². The molecule has 0 bridgehead atoms. The summed E-state index contributed by atoms with van der Waals surface area (Å²) >= 11 is 0. The molecule has 18 heavy (non-hydrogen) atoms. The van der Waals surface area contributed by atoms with Gasteiger partial charge in [-0.1, -0.05) is 43.3 Å². The van der Waals surface area contributed by atoms with Crippen molar-refractivity contribution < 1.29 is 4.74 Å². The van der Waals surface area contributed by atoms with Crippen molar-refractivity contribution in [1.82, 2.24) is 0 Å². The highest BCUT2D eigenvalue weighted by Gasteiger charge is 2.03. The Balaban J connectivity index is 2.22. The highest BCUT2D eigenvalue weighted by atomic mass is 16.5. The first-order valence-corrected chi connectivity index (χ1v) is 6.43. The predicted octanol–water partition coefficient (Wildman–Crippen LogP) is 4.78. The molecule has 1 heteroatoms. The van der Waals surface area contributed by atoms with Crippen molar-refractivity contribution in [3.8, 4) is 5.75 Å². The molecule has 3 aromatic rings. The average Bonchev–Trinajstić information content (AvgIpc) is 2.43. The lowest BCUT2D eigenvalue weighted by Crippen LogP contribution is -1.95. The highest BCUT2D eigenvalue weighted by Crippen LogP contribution is 2.29. The van der Waals surface area contributed by atoms with Gasteiger partial charge in [-0.15, -0.1) is 0 Å². The van der Waals surface area contributed by atoms with Gasteiger partial charge < -0.3 is 4.74 Å². The van der Waals surface area contributed by atoms with Crippen LogP contribution in [0.5, 0.6) is 5.75 Å². The molecule has 3 aromatic carbocycles. The monoisotopic (exact) mass is 236 g/mol. The lowest BCUT2D eigenvalue weighted by molar-refractivity contribution is 0.321. The molecule has 0 spiro atoms. The number of hydrogen-bond donors (Lipinski definition) is 0. The van der Waals surface area contributed by atoms with Crippen molar-refractivity contribution in [3.63, 3.8) is 0 Å². The van der Waals surface area contributed by atoms with Gasteiger partial charge in [-0.05, 0) is 40.8 Å². The standard InChI is InChI=1S/C17H16O/c1-2-10-18-17-9-5-8-15-11-13-6-3-4-7-14(13)12-16(15)17/h3-9,11-12H,2,10H2,1H3. The molecule has 90 valence electrons. The molecule has 0 fully saturated rings. The van der Waals surface area contributed by atoms with Crippen LogP contribution in [0, 0.1) is 0 Å². The van der Waals surface area contributed by atoms with Gasteiger partial charge in [-0.3, -0.25) is 0 Å². The maximum Gasteiger partial charge on any atom is 0.127 e. The van der Waals surface area contributed by atoms with Gasteiger partial charge in [0, 0.05) is 5.39 Å². The molecule has 0 aliphatic carbocycles. The van der Waals surface area contributed by atoms with Crippen LogP contribution in [0.15, 0.2) is 54.6 Å². The Labute approximate surface area is 107 Å². The van der Waals surface area contributed by atoms with E-state index in [1.165, 1.54) is 21.5 Å². The molecular formula is C17H16O. The molecule has 1 nitrogen and oxygen atoms in total. The van der Waals surface area contributed by atoms with Gasteiger partial charge in [-0.25, -0.2) is 0 Å². The van der Waals surface area contributed by atoms with Crippen molar-refractivity contribution in [1.29, 1.82) is 0 Å². The van der Waals surface area contributed by atoms with Crippen molar-refractivity contribution in [2.45, 2.75) is 13.3 Å². The molecule has 0 saturated heterocycles. The number of hydrogen-bond acceptors (Lipinski definition) is 1. The van der Waals surface area contributed by atoms with Gasteiger partial charge in [0.1, 0.15) is 5.75 Å². The zero-order valence-corrected chi connectivity index (χ0v) is 10.5. The largest absolute Gasteiger partial charge is 0.493 e. The molecule has 0 radical (unpaired) electrons. The van der Waals surface area contributed by atoms with Crippen LogP contribution in [0.3, 0.4) is 0 Å². The summed E-state index contributed by atoms with van der Waals surface area (Å²) in [6.07, 6.45) is 1.03. The first-order chi connectivity index (χ1) is 8.88. The zero-order chi connectivity index (χ0) is 12.4. The zero-order valence-electron chi connectivity index (χ0n) is 10.5. The van der Waals surface area contributed by atoms with Gasteiger partial charge in [0.25, 0.3) is 0 Å². The summed E-state index contributed by atoms with van der Waals surface area (Å²) < 4.78 is 5.82. The van der Waals surface area contributed by atoms with E-state index in [1.54, 1.807) is 0 Å². The van der Waals surface area contributed by atoms with Gasteiger partial charge in [-0.2, -0.15) is 0 Å². The van der Waals surface area contributed by atoms with Gasteiger partial charge in [0.05, 0.1) is 6.61 Å². The molecular weight excluding hydrogens is 220 g/mol. The third kappa shape index (κ3) is 1.92. The van der Waals surface area contributed by atoms with Crippen LogP contribution in [0.25, 0.3) is 21.5 Å². The molecule has 0 heterocycles.